The summed E-state index contributed by atoms with van der Waals surface area (Å²) in [6.45, 7) is 8.11. The second kappa shape index (κ2) is 8.52. The molecule has 0 N–H and O–H groups in total. The summed E-state index contributed by atoms with van der Waals surface area (Å²) < 4.78 is 7.23. The van der Waals surface area contributed by atoms with Crippen molar-refractivity contribution in [3.8, 4) is 16.8 Å². The minimum atomic E-state index is 0.710. The lowest BCUT2D eigenvalue weighted by Crippen LogP contribution is -1.93. The van der Waals surface area contributed by atoms with Gasteiger partial charge in [-0.2, -0.15) is 0 Å². The van der Waals surface area contributed by atoms with E-state index in [0.717, 1.165) is 26.9 Å². The van der Waals surface area contributed by atoms with Crippen LogP contribution in [0.15, 0.2) is 121 Å². The minimum absolute atomic E-state index is 0.710. The average molecular weight is 557 g/mol. The van der Waals surface area contributed by atoms with Crippen molar-refractivity contribution in [3.05, 3.63) is 133 Å². The van der Waals surface area contributed by atoms with Gasteiger partial charge in [-0.25, -0.2) is 4.85 Å². The number of hydrogen-bond donors (Lipinski definition) is 0. The quantitative estimate of drug-likeness (QED) is 0.187. The molecule has 4 heteroatoms. The minimum Gasteiger partial charge on any atom is -0.308 e. The van der Waals surface area contributed by atoms with Crippen molar-refractivity contribution in [1.82, 2.24) is 4.57 Å². The summed E-state index contributed by atoms with van der Waals surface area (Å²) in [4.78, 5) is 4.03. The van der Waals surface area contributed by atoms with Gasteiger partial charge in [-0.3, -0.25) is 0 Å². The van der Waals surface area contributed by atoms with Gasteiger partial charge in [0.2, 0.25) is 5.69 Å². The topological polar surface area (TPSA) is 9.29 Å². The van der Waals surface area contributed by atoms with E-state index in [1.165, 1.54) is 52.1 Å². The molecule has 0 spiro atoms. The lowest BCUT2D eigenvalue weighted by molar-refractivity contribution is 1.20. The van der Waals surface area contributed by atoms with Gasteiger partial charge in [-0.05, 0) is 65.0 Å². The third-order valence-electron chi connectivity index (χ3n) is 8.21. The number of rotatable bonds is 2. The summed E-state index contributed by atoms with van der Waals surface area (Å²) in [6.07, 6.45) is 0. The number of fused-ring (bicyclic) bond motifs is 9. The Morgan fingerprint density at radius 1 is 0.488 bits per heavy atom. The third kappa shape index (κ3) is 3.22. The molecule has 9 aromatic rings. The van der Waals surface area contributed by atoms with Crippen molar-refractivity contribution in [2.75, 3.05) is 0 Å². The zero-order chi connectivity index (χ0) is 27.1. The number of benzene rings is 6. The molecule has 190 valence electrons. The predicted molar refractivity (Wildman–Crippen MR) is 178 cm³/mol. The Balaban J connectivity index is 1.32. The summed E-state index contributed by atoms with van der Waals surface area (Å²) >= 11 is 3.56. The summed E-state index contributed by atoms with van der Waals surface area (Å²) in [7, 11) is 0. The van der Waals surface area contributed by atoms with Crippen molar-refractivity contribution in [2.24, 2.45) is 0 Å². The molecule has 6 aromatic carbocycles. The molecule has 0 aliphatic heterocycles. The van der Waals surface area contributed by atoms with E-state index in [1.54, 1.807) is 11.3 Å². The number of nitrogens with zero attached hydrogens (tertiary/aromatic N) is 2. The first-order chi connectivity index (χ1) is 20.3. The summed E-state index contributed by atoms with van der Waals surface area (Å²) in [5.41, 5.74) is 6.49. The first-order valence-corrected chi connectivity index (χ1v) is 15.2. The zero-order valence-corrected chi connectivity index (χ0v) is 23.4. The van der Waals surface area contributed by atoms with Crippen LogP contribution in [0.2, 0.25) is 0 Å². The van der Waals surface area contributed by atoms with Crippen LogP contribution in [0, 0.1) is 6.57 Å². The highest BCUT2D eigenvalue weighted by molar-refractivity contribution is 7.27. The van der Waals surface area contributed by atoms with E-state index >= 15 is 0 Å². The monoisotopic (exact) mass is 556 g/mol. The largest absolute Gasteiger partial charge is 0.308 e. The Bertz CT molecular complexity index is 2500. The Kier molecular flexibility index (Phi) is 4.74. The Hall–Kier alpha value is -4.95. The maximum Gasteiger partial charge on any atom is 0.205 e. The summed E-state index contributed by atoms with van der Waals surface area (Å²) in [5, 5.41) is 7.40. The van der Waals surface area contributed by atoms with Crippen molar-refractivity contribution >= 4 is 90.5 Å². The standard InChI is InChI=1S/C37H20N2S2/c1-38-30-21-23(22-17-18-35-28(19-22)26-11-4-7-16-34(26)40-35)20-29-27-12-8-15-33(37(27)41-36(29)30)39-31-13-5-2-9-24(31)25-10-3-6-14-32(25)39/h2-21H. The zero-order valence-electron chi connectivity index (χ0n) is 21.8. The van der Waals surface area contributed by atoms with Gasteiger partial charge in [-0.15, -0.1) is 22.7 Å². The fourth-order valence-electron chi connectivity index (χ4n) is 6.38. The first-order valence-electron chi connectivity index (χ1n) is 13.6. The van der Waals surface area contributed by atoms with Gasteiger partial charge >= 0.3 is 0 Å². The van der Waals surface area contributed by atoms with Crippen LogP contribution >= 0.6 is 22.7 Å². The molecule has 41 heavy (non-hydrogen) atoms. The predicted octanol–water partition coefficient (Wildman–Crippen LogP) is 11.7. The van der Waals surface area contributed by atoms with Gasteiger partial charge in [0, 0.05) is 41.0 Å². The highest BCUT2D eigenvalue weighted by atomic mass is 32.1. The van der Waals surface area contributed by atoms with Crippen molar-refractivity contribution in [1.29, 1.82) is 0 Å². The Labute approximate surface area is 243 Å². The number of thiophene rings is 2. The molecule has 9 rings (SSSR count). The number of aromatic nitrogens is 1. The fraction of sp³-hybridized carbons (Fsp3) is 0. The van der Waals surface area contributed by atoms with E-state index in [9.17, 15) is 0 Å². The van der Waals surface area contributed by atoms with E-state index in [2.05, 4.69) is 131 Å². The second-order valence-corrected chi connectivity index (χ2v) is 12.5. The van der Waals surface area contributed by atoms with Crippen LogP contribution in [0.1, 0.15) is 0 Å². The lowest BCUT2D eigenvalue weighted by Gasteiger charge is -2.09. The molecular formula is C37H20N2S2. The van der Waals surface area contributed by atoms with E-state index in [4.69, 9.17) is 6.57 Å². The van der Waals surface area contributed by atoms with Gasteiger partial charge in [0.15, 0.2) is 0 Å². The van der Waals surface area contributed by atoms with E-state index in [0.29, 0.717) is 5.69 Å². The van der Waals surface area contributed by atoms with Gasteiger partial charge in [0.25, 0.3) is 0 Å². The maximum absolute atomic E-state index is 8.11. The fourth-order valence-corrected chi connectivity index (χ4v) is 8.71. The molecule has 0 aliphatic carbocycles. The van der Waals surface area contributed by atoms with Crippen molar-refractivity contribution < 1.29 is 0 Å². The smallest absolute Gasteiger partial charge is 0.205 e. The van der Waals surface area contributed by atoms with Gasteiger partial charge in [-0.1, -0.05) is 72.8 Å². The molecule has 0 radical (unpaired) electrons. The SMILES string of the molecule is [C-]#[N+]c1cc(-c2ccc3sc4ccccc4c3c2)cc2c1sc1c(-n3c4ccccc4c4ccccc43)cccc12. The second-order valence-electron chi connectivity index (χ2n) is 10.4. The highest BCUT2D eigenvalue weighted by Gasteiger charge is 2.18. The van der Waals surface area contributed by atoms with Crippen LogP contribution in [-0.4, -0.2) is 4.57 Å². The molecule has 0 atom stereocenters. The summed E-state index contributed by atoms with van der Waals surface area (Å²) in [6, 6.07) is 43.5. The molecule has 3 aromatic heterocycles. The molecular weight excluding hydrogens is 537 g/mol. The molecule has 0 saturated heterocycles. The van der Waals surface area contributed by atoms with Crippen molar-refractivity contribution in [3.63, 3.8) is 0 Å². The number of para-hydroxylation sites is 2. The summed E-state index contributed by atoms with van der Waals surface area (Å²) in [5.74, 6) is 0. The molecule has 0 bridgehead atoms. The maximum atomic E-state index is 8.11. The van der Waals surface area contributed by atoms with Gasteiger partial charge in [0.05, 0.1) is 28.0 Å². The third-order valence-corrected chi connectivity index (χ3v) is 10.6. The number of hydrogen-bond acceptors (Lipinski definition) is 2. The van der Waals surface area contributed by atoms with Gasteiger partial charge < -0.3 is 4.57 Å². The van der Waals surface area contributed by atoms with E-state index in [-0.39, 0.29) is 0 Å². The van der Waals surface area contributed by atoms with Crippen LogP contribution in [0.4, 0.5) is 5.69 Å². The lowest BCUT2D eigenvalue weighted by atomic mass is 10.00. The van der Waals surface area contributed by atoms with E-state index in [1.807, 2.05) is 11.3 Å². The molecule has 0 amide bonds. The normalized spacial score (nSPS) is 11.9. The Morgan fingerprint density at radius 3 is 1.93 bits per heavy atom. The van der Waals surface area contributed by atoms with Crippen molar-refractivity contribution in [2.45, 2.75) is 0 Å². The molecule has 0 unspecified atom stereocenters. The van der Waals surface area contributed by atoms with Crippen LogP contribution in [-0.2, 0) is 0 Å². The average Bonchev–Trinajstić information content (AvgIpc) is 3.70. The molecule has 0 fully saturated rings. The van der Waals surface area contributed by atoms with Crippen LogP contribution in [0.5, 0.6) is 0 Å². The molecule has 0 aliphatic rings. The van der Waals surface area contributed by atoms with Gasteiger partial charge in [0.1, 0.15) is 0 Å². The van der Waals surface area contributed by atoms with E-state index < -0.39 is 0 Å². The Morgan fingerprint density at radius 2 is 1.15 bits per heavy atom. The van der Waals surface area contributed by atoms with Crippen LogP contribution < -0.4 is 0 Å². The first kappa shape index (κ1) is 22.8. The molecule has 2 nitrogen and oxygen atoms in total. The highest BCUT2D eigenvalue weighted by Crippen LogP contribution is 2.46. The van der Waals surface area contributed by atoms with Crippen LogP contribution in [0.25, 0.3) is 83.8 Å². The molecule has 0 saturated carbocycles. The van der Waals surface area contributed by atoms with Crippen LogP contribution in [0.3, 0.4) is 0 Å². The molecule has 3 heterocycles.